The minimum atomic E-state index is -0.773. The number of hydrogen-bond acceptors (Lipinski definition) is 7. The first-order valence-corrected chi connectivity index (χ1v) is 8.13. The number of nitrogens with one attached hydrogen (secondary N) is 1. The molecule has 2 aromatic rings. The molecule has 0 aliphatic carbocycles. The number of carbonyl (C=O) groups is 4. The second-order valence-electron chi connectivity index (χ2n) is 5.14. The molecule has 0 unspecified atom stereocenters. The van der Waals surface area contributed by atoms with Gasteiger partial charge in [0.1, 0.15) is 9.88 Å². The summed E-state index contributed by atoms with van der Waals surface area (Å²) >= 11 is 0.900. The van der Waals surface area contributed by atoms with Gasteiger partial charge in [-0.3, -0.25) is 9.59 Å². The van der Waals surface area contributed by atoms with Gasteiger partial charge in [-0.15, -0.1) is 11.3 Å². The molecule has 0 radical (unpaired) electrons. The van der Waals surface area contributed by atoms with Crippen LogP contribution in [0, 0.1) is 6.92 Å². The van der Waals surface area contributed by atoms with Crippen LogP contribution in [0.25, 0.3) is 0 Å². The molecule has 0 saturated heterocycles. The molecule has 1 aromatic heterocycles. The number of carbonyl (C=O) groups excluding carboxylic acids is 4. The van der Waals surface area contributed by atoms with Crippen molar-refractivity contribution in [2.75, 3.05) is 19.5 Å². The molecule has 2 amide bonds. The van der Waals surface area contributed by atoms with Crippen molar-refractivity contribution in [2.45, 2.75) is 6.92 Å². The van der Waals surface area contributed by atoms with Gasteiger partial charge in [0.05, 0.1) is 25.3 Å². The van der Waals surface area contributed by atoms with E-state index in [4.69, 9.17) is 5.73 Å². The maximum Gasteiger partial charge on any atom is 0.348 e. The first kappa shape index (κ1) is 19.1. The number of amides is 2. The Balaban J connectivity index is 2.32. The molecule has 2 rings (SSSR count). The van der Waals surface area contributed by atoms with E-state index in [0.29, 0.717) is 11.1 Å². The summed E-state index contributed by atoms with van der Waals surface area (Å²) in [6, 6.07) is 5.75. The summed E-state index contributed by atoms with van der Waals surface area (Å²) in [5, 5.41) is 2.72. The number of rotatable bonds is 5. The lowest BCUT2D eigenvalue weighted by Gasteiger charge is -2.06. The van der Waals surface area contributed by atoms with Crippen molar-refractivity contribution in [1.29, 1.82) is 0 Å². The Labute approximate surface area is 152 Å². The second-order valence-corrected chi connectivity index (χ2v) is 6.16. The van der Waals surface area contributed by atoms with Crippen LogP contribution >= 0.6 is 11.3 Å². The number of hydrogen-bond donors (Lipinski definition) is 2. The van der Waals surface area contributed by atoms with Crippen molar-refractivity contribution >= 4 is 40.1 Å². The molecule has 0 aliphatic rings. The van der Waals surface area contributed by atoms with E-state index in [9.17, 15) is 19.2 Å². The molecule has 1 heterocycles. The predicted octanol–water partition coefficient (Wildman–Crippen LogP) is 1.98. The highest BCUT2D eigenvalue weighted by molar-refractivity contribution is 7.18. The van der Waals surface area contributed by atoms with Crippen LogP contribution in [0.4, 0.5) is 5.00 Å². The summed E-state index contributed by atoms with van der Waals surface area (Å²) in [7, 11) is 2.47. The molecule has 8 nitrogen and oxygen atoms in total. The number of nitrogens with two attached hydrogens (primary N) is 1. The normalized spacial score (nSPS) is 10.1. The third-order valence-corrected chi connectivity index (χ3v) is 4.75. The number of primary amides is 1. The van der Waals surface area contributed by atoms with Gasteiger partial charge in [-0.05, 0) is 36.8 Å². The second kappa shape index (κ2) is 7.79. The van der Waals surface area contributed by atoms with Crippen LogP contribution < -0.4 is 11.1 Å². The number of methoxy groups -OCH3 is 2. The maximum atomic E-state index is 12.4. The molecule has 0 saturated carbocycles. The third kappa shape index (κ3) is 3.72. The molecular weight excluding hydrogens is 360 g/mol. The van der Waals surface area contributed by atoms with Gasteiger partial charge in [0, 0.05) is 5.56 Å². The molecule has 9 heteroatoms. The summed E-state index contributed by atoms with van der Waals surface area (Å²) in [6.45, 7) is 1.55. The monoisotopic (exact) mass is 376 g/mol. The van der Waals surface area contributed by atoms with Gasteiger partial charge in [-0.25, -0.2) is 9.59 Å². The summed E-state index contributed by atoms with van der Waals surface area (Å²) in [4.78, 5) is 47.5. The largest absolute Gasteiger partial charge is 0.465 e. The lowest BCUT2D eigenvalue weighted by molar-refractivity contribution is 0.0593. The van der Waals surface area contributed by atoms with Crippen LogP contribution in [0.15, 0.2) is 24.3 Å². The Morgan fingerprint density at radius 3 is 2.00 bits per heavy atom. The van der Waals surface area contributed by atoms with Crippen molar-refractivity contribution in [3.05, 3.63) is 51.4 Å². The molecule has 136 valence electrons. The van der Waals surface area contributed by atoms with Gasteiger partial charge < -0.3 is 20.5 Å². The fourth-order valence-corrected chi connectivity index (χ4v) is 3.36. The van der Waals surface area contributed by atoms with Crippen molar-refractivity contribution < 1.29 is 28.7 Å². The van der Waals surface area contributed by atoms with Crippen LogP contribution in [0.2, 0.25) is 0 Å². The highest BCUT2D eigenvalue weighted by Crippen LogP contribution is 2.33. The Morgan fingerprint density at radius 2 is 1.50 bits per heavy atom. The van der Waals surface area contributed by atoms with Crippen molar-refractivity contribution in [1.82, 2.24) is 0 Å². The Bertz CT molecular complexity index is 885. The smallest absolute Gasteiger partial charge is 0.348 e. The quantitative estimate of drug-likeness (QED) is 0.769. The van der Waals surface area contributed by atoms with Crippen LogP contribution in [-0.2, 0) is 9.47 Å². The van der Waals surface area contributed by atoms with E-state index in [1.807, 2.05) is 0 Å². The molecule has 0 spiro atoms. The van der Waals surface area contributed by atoms with Crippen LogP contribution in [-0.4, -0.2) is 38.0 Å². The van der Waals surface area contributed by atoms with Crippen molar-refractivity contribution in [2.24, 2.45) is 5.73 Å². The summed E-state index contributed by atoms with van der Waals surface area (Å²) in [6.07, 6.45) is 0. The van der Waals surface area contributed by atoms with E-state index in [1.165, 1.54) is 38.5 Å². The number of benzene rings is 1. The van der Waals surface area contributed by atoms with Crippen LogP contribution in [0.5, 0.6) is 0 Å². The Kier molecular flexibility index (Phi) is 5.73. The summed E-state index contributed by atoms with van der Waals surface area (Å²) < 4.78 is 9.25. The van der Waals surface area contributed by atoms with Gasteiger partial charge in [0.25, 0.3) is 11.8 Å². The van der Waals surface area contributed by atoms with E-state index in [0.717, 1.165) is 11.3 Å². The zero-order valence-electron chi connectivity index (χ0n) is 14.2. The highest BCUT2D eigenvalue weighted by Gasteiger charge is 2.25. The van der Waals surface area contributed by atoms with Crippen LogP contribution in [0.3, 0.4) is 0 Å². The average Bonchev–Trinajstić information content (AvgIpc) is 2.96. The molecule has 3 N–H and O–H groups in total. The van der Waals surface area contributed by atoms with E-state index < -0.39 is 23.8 Å². The van der Waals surface area contributed by atoms with Gasteiger partial charge in [0.15, 0.2) is 0 Å². The fraction of sp³-hybridized carbons (Fsp3) is 0.176. The van der Waals surface area contributed by atoms with Crippen molar-refractivity contribution in [3.8, 4) is 0 Å². The van der Waals surface area contributed by atoms with Crippen LogP contribution in [0.1, 0.15) is 46.3 Å². The maximum absolute atomic E-state index is 12.4. The minimum Gasteiger partial charge on any atom is -0.465 e. The molecular formula is C17H16N2O6S. The topological polar surface area (TPSA) is 125 Å². The predicted molar refractivity (Wildman–Crippen MR) is 94.6 cm³/mol. The standard InChI is InChI=1S/C17H16N2O6S/c1-8-11(13(18)20)15(26-12(8)17(23)25-3)19-14(21)9-4-6-10(7-5-9)16(22)24-2/h4-7H,1-3H3,(H2,18,20)(H,19,21). The van der Waals surface area contributed by atoms with E-state index >= 15 is 0 Å². The molecule has 0 fully saturated rings. The molecule has 0 atom stereocenters. The van der Waals surface area contributed by atoms with E-state index in [1.54, 1.807) is 6.92 Å². The van der Waals surface area contributed by atoms with Gasteiger partial charge in [-0.2, -0.15) is 0 Å². The lowest BCUT2D eigenvalue weighted by Crippen LogP contribution is -2.17. The van der Waals surface area contributed by atoms with Crippen molar-refractivity contribution in [3.63, 3.8) is 0 Å². The van der Waals surface area contributed by atoms with E-state index in [2.05, 4.69) is 14.8 Å². The SMILES string of the molecule is COC(=O)c1ccc(C(=O)Nc2sc(C(=O)OC)c(C)c2C(N)=O)cc1. The Morgan fingerprint density at radius 1 is 0.962 bits per heavy atom. The summed E-state index contributed by atoms with van der Waals surface area (Å²) in [5.74, 6) is -2.45. The first-order chi connectivity index (χ1) is 12.3. The number of esters is 2. The molecule has 1 aromatic carbocycles. The lowest BCUT2D eigenvalue weighted by atomic mass is 10.1. The zero-order valence-corrected chi connectivity index (χ0v) is 15.1. The molecule has 0 aliphatic heterocycles. The van der Waals surface area contributed by atoms with Gasteiger partial charge in [-0.1, -0.05) is 0 Å². The average molecular weight is 376 g/mol. The first-order valence-electron chi connectivity index (χ1n) is 7.31. The Hall–Kier alpha value is -3.20. The summed E-state index contributed by atoms with van der Waals surface area (Å²) in [5.41, 5.74) is 6.30. The number of anilines is 1. The third-order valence-electron chi connectivity index (χ3n) is 3.56. The fourth-order valence-electron chi connectivity index (χ4n) is 2.24. The number of thiophene rings is 1. The highest BCUT2D eigenvalue weighted by atomic mass is 32.1. The van der Waals surface area contributed by atoms with E-state index in [-0.39, 0.29) is 21.0 Å². The minimum absolute atomic E-state index is 0.0509. The molecule has 26 heavy (non-hydrogen) atoms. The number of ether oxygens (including phenoxy) is 2. The van der Waals surface area contributed by atoms with Gasteiger partial charge in [0.2, 0.25) is 0 Å². The zero-order chi connectivity index (χ0) is 19.4. The molecule has 0 bridgehead atoms. The van der Waals surface area contributed by atoms with Gasteiger partial charge >= 0.3 is 11.9 Å².